The van der Waals surface area contributed by atoms with Crippen LogP contribution in [0.25, 0.3) is 11.3 Å². The number of carbonyl (C=O) groups excluding carboxylic acids is 1. The molecule has 0 spiro atoms. The standard InChI is InChI=1S/C33H43N3O3/c1-22(2)32-35-29(21-39-32)28-16-17-34-31(19-28)36(33(37)26-8-6-5-7-9-26)20-24-10-12-25(13-11-24)27-14-15-30(38-4)23(3)18-27/h14-19,21-22,24-26H,5-13,20H2,1-4H3. The highest BCUT2D eigenvalue weighted by Crippen LogP contribution is 2.38. The molecule has 1 amide bonds. The summed E-state index contributed by atoms with van der Waals surface area (Å²) in [6.07, 6.45) is 13.5. The van der Waals surface area contributed by atoms with Crippen LogP contribution in [-0.4, -0.2) is 29.5 Å². The SMILES string of the molecule is COc1ccc(C2CCC(CN(C(=O)C3CCCCC3)c3cc(-c4coc(C(C)C)n4)ccn3)CC2)cc1C. The Hall–Kier alpha value is -3.15. The van der Waals surface area contributed by atoms with Crippen molar-refractivity contribution in [3.63, 3.8) is 0 Å². The highest BCUT2D eigenvalue weighted by molar-refractivity contribution is 5.94. The number of amides is 1. The number of oxazole rings is 1. The Labute approximate surface area is 233 Å². The Morgan fingerprint density at radius 1 is 1.05 bits per heavy atom. The van der Waals surface area contributed by atoms with E-state index in [4.69, 9.17) is 14.1 Å². The number of benzene rings is 1. The van der Waals surface area contributed by atoms with E-state index in [1.807, 2.05) is 17.0 Å². The number of pyridine rings is 1. The Bertz CT molecular complexity index is 1250. The molecule has 5 rings (SSSR count). The Balaban J connectivity index is 1.33. The molecule has 0 bridgehead atoms. The number of carbonyl (C=O) groups is 1. The molecular formula is C33H43N3O3. The molecule has 1 aromatic carbocycles. The van der Waals surface area contributed by atoms with E-state index in [0.29, 0.717) is 11.8 Å². The predicted octanol–water partition coefficient (Wildman–Crippen LogP) is 8.06. The zero-order valence-electron chi connectivity index (χ0n) is 24.0. The number of rotatable bonds is 8. The molecule has 39 heavy (non-hydrogen) atoms. The lowest BCUT2D eigenvalue weighted by Gasteiger charge is -2.35. The first-order valence-electron chi connectivity index (χ1n) is 14.8. The van der Waals surface area contributed by atoms with Gasteiger partial charge in [-0.25, -0.2) is 9.97 Å². The van der Waals surface area contributed by atoms with E-state index in [9.17, 15) is 4.79 Å². The van der Waals surface area contributed by atoms with E-state index in [1.165, 1.54) is 17.5 Å². The van der Waals surface area contributed by atoms with Gasteiger partial charge in [0.1, 0.15) is 23.5 Å². The van der Waals surface area contributed by atoms with Crippen LogP contribution < -0.4 is 9.64 Å². The maximum Gasteiger partial charge on any atom is 0.231 e. The van der Waals surface area contributed by atoms with Crippen molar-refractivity contribution in [2.45, 2.75) is 90.4 Å². The van der Waals surface area contributed by atoms with Gasteiger partial charge in [-0.3, -0.25) is 9.69 Å². The molecule has 6 nitrogen and oxygen atoms in total. The quantitative estimate of drug-likeness (QED) is 0.295. The summed E-state index contributed by atoms with van der Waals surface area (Å²) in [6, 6.07) is 10.6. The first kappa shape index (κ1) is 27.4. The third-order valence-electron chi connectivity index (χ3n) is 8.73. The molecule has 2 fully saturated rings. The number of methoxy groups -OCH3 is 1. The van der Waals surface area contributed by atoms with E-state index in [0.717, 1.165) is 86.6 Å². The van der Waals surface area contributed by atoms with Crippen LogP contribution in [0, 0.1) is 18.8 Å². The summed E-state index contributed by atoms with van der Waals surface area (Å²) in [7, 11) is 1.73. The summed E-state index contributed by atoms with van der Waals surface area (Å²) in [5.74, 6) is 4.02. The summed E-state index contributed by atoms with van der Waals surface area (Å²) >= 11 is 0. The molecule has 2 aromatic heterocycles. The average molecular weight is 530 g/mol. The molecule has 0 radical (unpaired) electrons. The molecule has 3 aromatic rings. The van der Waals surface area contributed by atoms with Gasteiger partial charge in [-0.15, -0.1) is 0 Å². The van der Waals surface area contributed by atoms with Crippen molar-refractivity contribution in [2.75, 3.05) is 18.6 Å². The monoisotopic (exact) mass is 529 g/mol. The maximum atomic E-state index is 13.9. The molecular weight excluding hydrogens is 486 g/mol. The molecule has 2 aliphatic rings. The minimum atomic E-state index is 0.0995. The Kier molecular flexibility index (Phi) is 8.69. The van der Waals surface area contributed by atoms with Crippen LogP contribution in [0.5, 0.6) is 5.75 Å². The highest BCUT2D eigenvalue weighted by atomic mass is 16.5. The van der Waals surface area contributed by atoms with E-state index >= 15 is 0 Å². The van der Waals surface area contributed by atoms with E-state index in [-0.39, 0.29) is 17.7 Å². The molecule has 0 atom stereocenters. The zero-order valence-corrected chi connectivity index (χ0v) is 24.0. The first-order valence-corrected chi connectivity index (χ1v) is 14.8. The molecule has 0 unspecified atom stereocenters. The Morgan fingerprint density at radius 2 is 1.82 bits per heavy atom. The normalized spacial score (nSPS) is 20.2. The molecule has 6 heteroatoms. The van der Waals surface area contributed by atoms with E-state index in [1.54, 1.807) is 19.6 Å². The van der Waals surface area contributed by atoms with Crippen molar-refractivity contribution in [1.29, 1.82) is 0 Å². The smallest absolute Gasteiger partial charge is 0.231 e. The number of nitrogens with zero attached hydrogens (tertiary/aromatic N) is 3. The van der Waals surface area contributed by atoms with Crippen LogP contribution in [0.3, 0.4) is 0 Å². The number of hydrogen-bond acceptors (Lipinski definition) is 5. The second-order valence-corrected chi connectivity index (χ2v) is 11.9. The van der Waals surface area contributed by atoms with Crippen LogP contribution in [0.2, 0.25) is 0 Å². The summed E-state index contributed by atoms with van der Waals surface area (Å²) in [5.41, 5.74) is 4.34. The van der Waals surface area contributed by atoms with Crippen LogP contribution in [-0.2, 0) is 4.79 Å². The van der Waals surface area contributed by atoms with Gasteiger partial charge in [0.15, 0.2) is 5.89 Å². The van der Waals surface area contributed by atoms with E-state index in [2.05, 4.69) is 44.0 Å². The fourth-order valence-electron chi connectivity index (χ4n) is 6.37. The lowest BCUT2D eigenvalue weighted by Crippen LogP contribution is -2.41. The molecule has 0 N–H and O–H groups in total. The fourth-order valence-corrected chi connectivity index (χ4v) is 6.37. The van der Waals surface area contributed by atoms with Crippen molar-refractivity contribution >= 4 is 11.7 Å². The average Bonchev–Trinajstić information content (AvgIpc) is 3.48. The fraction of sp³-hybridized carbons (Fsp3) is 0.545. The van der Waals surface area contributed by atoms with Gasteiger partial charge in [0.2, 0.25) is 5.91 Å². The molecule has 2 heterocycles. The topological polar surface area (TPSA) is 68.5 Å². The van der Waals surface area contributed by atoms with Gasteiger partial charge < -0.3 is 9.15 Å². The minimum absolute atomic E-state index is 0.0995. The zero-order chi connectivity index (χ0) is 27.4. The maximum absolute atomic E-state index is 13.9. The molecule has 208 valence electrons. The second-order valence-electron chi connectivity index (χ2n) is 11.9. The summed E-state index contributed by atoms with van der Waals surface area (Å²) < 4.78 is 11.2. The molecule has 0 aliphatic heterocycles. The van der Waals surface area contributed by atoms with Crippen molar-refractivity contribution in [3.8, 4) is 17.0 Å². The second kappa shape index (κ2) is 12.4. The van der Waals surface area contributed by atoms with Crippen molar-refractivity contribution in [2.24, 2.45) is 11.8 Å². The third kappa shape index (κ3) is 6.37. The Morgan fingerprint density at radius 3 is 2.49 bits per heavy atom. The van der Waals surface area contributed by atoms with Crippen LogP contribution in [0.4, 0.5) is 5.82 Å². The first-order chi connectivity index (χ1) is 18.9. The largest absolute Gasteiger partial charge is 0.496 e. The molecule has 2 aliphatic carbocycles. The van der Waals surface area contributed by atoms with Crippen molar-refractivity contribution in [1.82, 2.24) is 9.97 Å². The van der Waals surface area contributed by atoms with Gasteiger partial charge in [0.25, 0.3) is 0 Å². The molecule has 2 saturated carbocycles. The summed E-state index contributed by atoms with van der Waals surface area (Å²) in [4.78, 5) is 25.3. The number of hydrogen-bond donors (Lipinski definition) is 0. The van der Waals surface area contributed by atoms with Crippen LogP contribution in [0.15, 0.2) is 47.2 Å². The summed E-state index contributed by atoms with van der Waals surface area (Å²) in [5, 5.41) is 0. The summed E-state index contributed by atoms with van der Waals surface area (Å²) in [6.45, 7) is 6.99. The van der Waals surface area contributed by atoms with Gasteiger partial charge in [-0.2, -0.15) is 0 Å². The number of aromatic nitrogens is 2. The van der Waals surface area contributed by atoms with Gasteiger partial charge in [-0.05, 0) is 86.6 Å². The lowest BCUT2D eigenvalue weighted by molar-refractivity contribution is -0.123. The van der Waals surface area contributed by atoms with Gasteiger partial charge in [-0.1, -0.05) is 45.2 Å². The van der Waals surface area contributed by atoms with Gasteiger partial charge >= 0.3 is 0 Å². The van der Waals surface area contributed by atoms with Crippen LogP contribution >= 0.6 is 0 Å². The van der Waals surface area contributed by atoms with Crippen molar-refractivity contribution < 1.29 is 13.9 Å². The number of anilines is 1. The third-order valence-corrected chi connectivity index (χ3v) is 8.73. The van der Waals surface area contributed by atoms with E-state index < -0.39 is 0 Å². The lowest BCUT2D eigenvalue weighted by atomic mass is 9.78. The predicted molar refractivity (Wildman–Crippen MR) is 155 cm³/mol. The van der Waals surface area contributed by atoms with Gasteiger partial charge in [0.05, 0.1) is 7.11 Å². The van der Waals surface area contributed by atoms with Crippen LogP contribution in [0.1, 0.15) is 100 Å². The van der Waals surface area contributed by atoms with Gasteiger partial charge in [0, 0.05) is 30.1 Å². The number of aryl methyl sites for hydroxylation is 1. The highest BCUT2D eigenvalue weighted by Gasteiger charge is 2.31. The molecule has 0 saturated heterocycles. The number of ether oxygens (including phenoxy) is 1. The van der Waals surface area contributed by atoms with Crippen molar-refractivity contribution in [3.05, 3.63) is 59.8 Å². The minimum Gasteiger partial charge on any atom is -0.496 e.